The summed E-state index contributed by atoms with van der Waals surface area (Å²) in [5.41, 5.74) is -1.45. The van der Waals surface area contributed by atoms with Crippen molar-refractivity contribution >= 4 is 17.5 Å². The molecule has 0 radical (unpaired) electrons. The third-order valence-electron chi connectivity index (χ3n) is 2.65. The summed E-state index contributed by atoms with van der Waals surface area (Å²) in [7, 11) is 0. The minimum Gasteiger partial charge on any atom is -0.353 e. The summed E-state index contributed by atoms with van der Waals surface area (Å²) >= 11 is 0. The lowest BCUT2D eigenvalue weighted by molar-refractivity contribution is -0.385. The molecule has 2 amide bonds. The number of hydrogen-bond donors (Lipinski definition) is 2. The molecule has 9 nitrogen and oxygen atoms in total. The van der Waals surface area contributed by atoms with E-state index in [1.165, 1.54) is 4.90 Å². The van der Waals surface area contributed by atoms with Crippen molar-refractivity contribution in [3.05, 3.63) is 38.3 Å². The Kier molecular flexibility index (Phi) is 3.27. The first-order valence-electron chi connectivity index (χ1n) is 5.42. The second-order valence-electron chi connectivity index (χ2n) is 3.93. The van der Waals surface area contributed by atoms with Gasteiger partial charge in [0.2, 0.25) is 5.91 Å². The molecule has 1 aliphatic rings. The first kappa shape index (κ1) is 12.7. The highest BCUT2D eigenvalue weighted by atomic mass is 16.6. The smallest absolute Gasteiger partial charge is 0.286 e. The molecule has 100 valence electrons. The number of H-pyrrole nitrogens is 1. The van der Waals surface area contributed by atoms with E-state index in [1.54, 1.807) is 0 Å². The van der Waals surface area contributed by atoms with E-state index in [1.807, 2.05) is 0 Å². The Morgan fingerprint density at radius 2 is 2.16 bits per heavy atom. The summed E-state index contributed by atoms with van der Waals surface area (Å²) < 4.78 is 0. The van der Waals surface area contributed by atoms with Crippen LogP contribution in [0.3, 0.4) is 0 Å². The Labute approximate surface area is 106 Å². The molecule has 2 heterocycles. The Bertz CT molecular complexity index is 608. The van der Waals surface area contributed by atoms with Gasteiger partial charge < -0.3 is 15.2 Å². The van der Waals surface area contributed by atoms with Crippen LogP contribution in [-0.4, -0.2) is 46.3 Å². The van der Waals surface area contributed by atoms with Crippen molar-refractivity contribution in [1.29, 1.82) is 0 Å². The van der Waals surface area contributed by atoms with Gasteiger partial charge in [-0.1, -0.05) is 0 Å². The molecule has 0 spiro atoms. The van der Waals surface area contributed by atoms with Gasteiger partial charge in [0.25, 0.3) is 17.2 Å². The number of pyridine rings is 1. The summed E-state index contributed by atoms with van der Waals surface area (Å²) in [6.45, 7) is 0.380. The number of piperazine rings is 1. The lowest BCUT2D eigenvalue weighted by Crippen LogP contribution is -2.50. The zero-order valence-electron chi connectivity index (χ0n) is 9.71. The topological polar surface area (TPSA) is 125 Å². The molecule has 1 aromatic rings. The molecule has 1 aromatic heterocycles. The predicted octanol–water partition coefficient (Wildman–Crippen LogP) is -1.14. The summed E-state index contributed by atoms with van der Waals surface area (Å²) in [6.07, 6.45) is 0.919. The minimum atomic E-state index is -0.721. The normalized spacial score (nSPS) is 14.9. The molecule has 1 aliphatic heterocycles. The molecule has 1 fully saturated rings. The highest BCUT2D eigenvalue weighted by molar-refractivity contribution is 5.97. The van der Waals surface area contributed by atoms with Gasteiger partial charge in [-0.05, 0) is 0 Å². The van der Waals surface area contributed by atoms with E-state index in [2.05, 4.69) is 10.3 Å². The van der Waals surface area contributed by atoms with Gasteiger partial charge in [-0.3, -0.25) is 24.5 Å². The number of nitro groups is 1. The van der Waals surface area contributed by atoms with Crippen molar-refractivity contribution < 1.29 is 14.5 Å². The van der Waals surface area contributed by atoms with E-state index < -0.39 is 16.4 Å². The maximum Gasteiger partial charge on any atom is 0.286 e. The first-order valence-corrected chi connectivity index (χ1v) is 5.42. The Hall–Kier alpha value is -2.71. The van der Waals surface area contributed by atoms with E-state index >= 15 is 0 Å². The Balaban J connectivity index is 2.32. The summed E-state index contributed by atoms with van der Waals surface area (Å²) in [6, 6.07) is 0.910. The van der Waals surface area contributed by atoms with Crippen molar-refractivity contribution in [1.82, 2.24) is 15.2 Å². The third-order valence-corrected chi connectivity index (χ3v) is 2.65. The molecule has 1 saturated heterocycles. The van der Waals surface area contributed by atoms with E-state index in [9.17, 15) is 24.5 Å². The molecule has 2 N–H and O–H groups in total. The fourth-order valence-electron chi connectivity index (χ4n) is 1.72. The molecule has 0 bridgehead atoms. The minimum absolute atomic E-state index is 0.166. The van der Waals surface area contributed by atoms with Crippen LogP contribution in [0.4, 0.5) is 5.69 Å². The SMILES string of the molecule is O=C1CN(C(=O)c2cc([N+](=O)[O-])c[nH]c2=O)CCN1. The number of aromatic amines is 1. The van der Waals surface area contributed by atoms with Crippen molar-refractivity contribution in [2.75, 3.05) is 19.6 Å². The largest absolute Gasteiger partial charge is 0.353 e. The molecule has 0 aromatic carbocycles. The highest BCUT2D eigenvalue weighted by Gasteiger charge is 2.25. The van der Waals surface area contributed by atoms with Crippen LogP contribution in [0.5, 0.6) is 0 Å². The lowest BCUT2D eigenvalue weighted by atomic mass is 10.2. The lowest BCUT2D eigenvalue weighted by Gasteiger charge is -2.26. The van der Waals surface area contributed by atoms with E-state index in [-0.39, 0.29) is 36.8 Å². The summed E-state index contributed by atoms with van der Waals surface area (Å²) in [4.78, 5) is 48.0. The molecule has 9 heteroatoms. The van der Waals surface area contributed by atoms with Crippen LogP contribution in [-0.2, 0) is 4.79 Å². The first-order chi connectivity index (χ1) is 8.99. The molecule has 0 saturated carbocycles. The van der Waals surface area contributed by atoms with Crippen molar-refractivity contribution in [2.24, 2.45) is 0 Å². The van der Waals surface area contributed by atoms with Gasteiger partial charge in [0, 0.05) is 19.2 Å². The second-order valence-corrected chi connectivity index (χ2v) is 3.93. The molecule has 0 aliphatic carbocycles. The maximum absolute atomic E-state index is 12.0. The zero-order chi connectivity index (χ0) is 14.0. The third kappa shape index (κ3) is 2.59. The standard InChI is InChI=1S/C10H10N4O5/c15-8-5-13(2-1-11-8)10(17)7-3-6(14(18)19)4-12-9(7)16/h3-4H,1-2,5H2,(H,11,15)(H,12,16). The number of hydrogen-bond acceptors (Lipinski definition) is 5. The van der Waals surface area contributed by atoms with Gasteiger partial charge in [0.1, 0.15) is 5.56 Å². The van der Waals surface area contributed by atoms with E-state index in [4.69, 9.17) is 0 Å². The predicted molar refractivity (Wildman–Crippen MR) is 62.6 cm³/mol. The van der Waals surface area contributed by atoms with Crippen LogP contribution in [0.25, 0.3) is 0 Å². The molecule has 0 atom stereocenters. The molecular weight excluding hydrogens is 256 g/mol. The Morgan fingerprint density at radius 1 is 1.42 bits per heavy atom. The summed E-state index contributed by atoms with van der Waals surface area (Å²) in [5, 5.41) is 13.1. The van der Waals surface area contributed by atoms with Crippen LogP contribution in [0.2, 0.25) is 0 Å². The molecular formula is C10H10N4O5. The van der Waals surface area contributed by atoms with Gasteiger partial charge in [-0.15, -0.1) is 0 Å². The zero-order valence-corrected chi connectivity index (χ0v) is 9.71. The fraction of sp³-hybridized carbons (Fsp3) is 0.300. The molecule has 2 rings (SSSR count). The average Bonchev–Trinajstić information content (AvgIpc) is 2.38. The summed E-state index contributed by atoms with van der Waals surface area (Å²) in [5.74, 6) is -1.03. The quantitative estimate of drug-likeness (QED) is 0.516. The van der Waals surface area contributed by atoms with Gasteiger partial charge in [-0.25, -0.2) is 0 Å². The molecule has 19 heavy (non-hydrogen) atoms. The number of carbonyl (C=O) groups is 2. The van der Waals surface area contributed by atoms with Crippen LogP contribution in [0, 0.1) is 10.1 Å². The van der Waals surface area contributed by atoms with Gasteiger partial charge in [0.05, 0.1) is 17.7 Å². The number of aromatic nitrogens is 1. The number of amides is 2. The second kappa shape index (κ2) is 4.88. The van der Waals surface area contributed by atoms with E-state index in [0.29, 0.717) is 0 Å². The maximum atomic E-state index is 12.0. The van der Waals surface area contributed by atoms with Gasteiger partial charge in [0.15, 0.2) is 0 Å². The Morgan fingerprint density at radius 3 is 2.79 bits per heavy atom. The van der Waals surface area contributed by atoms with Crippen molar-refractivity contribution in [3.8, 4) is 0 Å². The average molecular weight is 266 g/mol. The van der Waals surface area contributed by atoms with Gasteiger partial charge in [-0.2, -0.15) is 0 Å². The van der Waals surface area contributed by atoms with Crippen LogP contribution in [0.15, 0.2) is 17.1 Å². The van der Waals surface area contributed by atoms with Crippen LogP contribution < -0.4 is 10.9 Å². The monoisotopic (exact) mass is 266 g/mol. The number of nitrogens with one attached hydrogen (secondary N) is 2. The van der Waals surface area contributed by atoms with Crippen LogP contribution in [0.1, 0.15) is 10.4 Å². The number of nitrogens with zero attached hydrogens (tertiary/aromatic N) is 2. The van der Waals surface area contributed by atoms with Crippen LogP contribution >= 0.6 is 0 Å². The fourth-order valence-corrected chi connectivity index (χ4v) is 1.72. The molecule has 0 unspecified atom stereocenters. The van der Waals surface area contributed by atoms with Gasteiger partial charge >= 0.3 is 0 Å². The van der Waals surface area contributed by atoms with Crippen molar-refractivity contribution in [2.45, 2.75) is 0 Å². The number of carbonyl (C=O) groups excluding carboxylic acids is 2. The highest BCUT2D eigenvalue weighted by Crippen LogP contribution is 2.10. The van der Waals surface area contributed by atoms with Crippen molar-refractivity contribution in [3.63, 3.8) is 0 Å². The van der Waals surface area contributed by atoms with E-state index in [0.717, 1.165) is 12.3 Å². The number of rotatable bonds is 2.